The fourth-order valence-electron chi connectivity index (χ4n) is 2.50. The summed E-state index contributed by atoms with van der Waals surface area (Å²) in [5.74, 6) is 2.89. The highest BCUT2D eigenvalue weighted by atomic mass is 15.0. The second-order valence-corrected chi connectivity index (χ2v) is 7.34. The molecule has 0 aliphatic heterocycles. The van der Waals surface area contributed by atoms with Crippen molar-refractivity contribution in [2.45, 2.75) is 91.9 Å². The third-order valence-electron chi connectivity index (χ3n) is 4.93. The standard InChI is InChI=1S/C18H34N2/c1-9-11-13(5)15-16(14(6)12(3)4)20-17(19-15)18(7,8)10-2/h12-14H,9-11H2,1-8H3,(H,19,20). The molecule has 1 N–H and O–H groups in total. The van der Waals surface area contributed by atoms with Crippen LogP contribution in [0.15, 0.2) is 0 Å². The number of rotatable bonds is 7. The van der Waals surface area contributed by atoms with E-state index in [9.17, 15) is 0 Å². The quantitative estimate of drug-likeness (QED) is 0.675. The van der Waals surface area contributed by atoms with Crippen LogP contribution >= 0.6 is 0 Å². The zero-order chi connectivity index (χ0) is 15.5. The summed E-state index contributed by atoms with van der Waals surface area (Å²) in [6, 6.07) is 0. The number of nitrogens with zero attached hydrogens (tertiary/aromatic N) is 1. The summed E-state index contributed by atoms with van der Waals surface area (Å²) in [6.45, 7) is 18.3. The van der Waals surface area contributed by atoms with Crippen molar-refractivity contribution in [3.8, 4) is 0 Å². The largest absolute Gasteiger partial charge is 0.345 e. The lowest BCUT2D eigenvalue weighted by Gasteiger charge is -2.19. The molecule has 0 aliphatic rings. The van der Waals surface area contributed by atoms with Gasteiger partial charge in [0.25, 0.3) is 0 Å². The highest BCUT2D eigenvalue weighted by Crippen LogP contribution is 2.34. The maximum Gasteiger partial charge on any atom is 0.112 e. The number of H-pyrrole nitrogens is 1. The summed E-state index contributed by atoms with van der Waals surface area (Å²) >= 11 is 0. The Morgan fingerprint density at radius 3 is 2.15 bits per heavy atom. The van der Waals surface area contributed by atoms with Gasteiger partial charge in [-0.25, -0.2) is 4.98 Å². The molecular weight excluding hydrogens is 244 g/mol. The average Bonchev–Trinajstić information content (AvgIpc) is 2.83. The van der Waals surface area contributed by atoms with Crippen LogP contribution in [0.2, 0.25) is 0 Å². The van der Waals surface area contributed by atoms with E-state index in [0.29, 0.717) is 17.8 Å². The summed E-state index contributed by atoms with van der Waals surface area (Å²) in [4.78, 5) is 8.70. The number of hydrogen-bond acceptors (Lipinski definition) is 1. The van der Waals surface area contributed by atoms with Gasteiger partial charge in [-0.05, 0) is 24.7 Å². The number of hydrogen-bond donors (Lipinski definition) is 1. The van der Waals surface area contributed by atoms with E-state index in [1.165, 1.54) is 30.1 Å². The highest BCUT2D eigenvalue weighted by molar-refractivity contribution is 5.25. The predicted molar refractivity (Wildman–Crippen MR) is 88.5 cm³/mol. The number of aromatic amines is 1. The molecule has 1 aromatic rings. The Kier molecular flexibility index (Phi) is 5.85. The van der Waals surface area contributed by atoms with Crippen LogP contribution in [0.1, 0.15) is 104 Å². The summed E-state index contributed by atoms with van der Waals surface area (Å²) in [5, 5.41) is 0. The first-order valence-electron chi connectivity index (χ1n) is 8.34. The van der Waals surface area contributed by atoms with Gasteiger partial charge in [0.15, 0.2) is 0 Å². The van der Waals surface area contributed by atoms with Gasteiger partial charge in [0.2, 0.25) is 0 Å². The molecule has 1 aromatic heterocycles. The molecule has 2 atom stereocenters. The van der Waals surface area contributed by atoms with Gasteiger partial charge in [-0.3, -0.25) is 0 Å². The summed E-state index contributed by atoms with van der Waals surface area (Å²) in [6.07, 6.45) is 3.56. The molecule has 0 saturated heterocycles. The predicted octanol–water partition coefficient (Wildman–Crippen LogP) is 5.76. The first-order chi connectivity index (χ1) is 9.24. The maximum atomic E-state index is 5.02. The smallest absolute Gasteiger partial charge is 0.112 e. The molecule has 2 unspecified atom stereocenters. The third kappa shape index (κ3) is 3.65. The van der Waals surface area contributed by atoms with E-state index in [1.807, 2.05) is 0 Å². The normalized spacial score (nSPS) is 15.7. The molecule has 2 heteroatoms. The van der Waals surface area contributed by atoms with Crippen LogP contribution in [0, 0.1) is 5.92 Å². The van der Waals surface area contributed by atoms with E-state index >= 15 is 0 Å². The van der Waals surface area contributed by atoms with Crippen LogP contribution in [0.3, 0.4) is 0 Å². The van der Waals surface area contributed by atoms with E-state index < -0.39 is 0 Å². The molecule has 1 heterocycles. The Morgan fingerprint density at radius 2 is 1.70 bits per heavy atom. The molecular formula is C18H34N2. The van der Waals surface area contributed by atoms with E-state index in [-0.39, 0.29) is 5.41 Å². The zero-order valence-corrected chi connectivity index (χ0v) is 14.8. The van der Waals surface area contributed by atoms with Crippen molar-refractivity contribution in [3.05, 3.63) is 17.2 Å². The molecule has 0 fully saturated rings. The first kappa shape index (κ1) is 17.3. The lowest BCUT2D eigenvalue weighted by Crippen LogP contribution is -2.17. The lowest BCUT2D eigenvalue weighted by atomic mass is 9.89. The molecule has 0 aliphatic carbocycles. The minimum Gasteiger partial charge on any atom is -0.345 e. The van der Waals surface area contributed by atoms with E-state index in [2.05, 4.69) is 60.4 Å². The SMILES string of the molecule is CCCC(C)c1[nH]c(C(C)(C)CC)nc1C(C)C(C)C. The molecule has 0 bridgehead atoms. The Morgan fingerprint density at radius 1 is 1.10 bits per heavy atom. The maximum absolute atomic E-state index is 5.02. The van der Waals surface area contributed by atoms with Crippen LogP contribution in [-0.4, -0.2) is 9.97 Å². The Labute approximate surface area is 125 Å². The number of imidazole rings is 1. The van der Waals surface area contributed by atoms with Crippen molar-refractivity contribution in [1.82, 2.24) is 9.97 Å². The number of aromatic nitrogens is 2. The van der Waals surface area contributed by atoms with Crippen LogP contribution in [-0.2, 0) is 5.41 Å². The minimum atomic E-state index is 0.135. The second-order valence-electron chi connectivity index (χ2n) is 7.34. The van der Waals surface area contributed by atoms with Crippen molar-refractivity contribution in [2.75, 3.05) is 0 Å². The van der Waals surface area contributed by atoms with Gasteiger partial charge in [0.1, 0.15) is 5.82 Å². The Bertz CT molecular complexity index is 415. The minimum absolute atomic E-state index is 0.135. The van der Waals surface area contributed by atoms with Crippen LogP contribution in [0.25, 0.3) is 0 Å². The summed E-state index contributed by atoms with van der Waals surface area (Å²) in [7, 11) is 0. The Balaban J connectivity index is 3.25. The molecule has 0 aromatic carbocycles. The average molecular weight is 278 g/mol. The first-order valence-corrected chi connectivity index (χ1v) is 8.34. The van der Waals surface area contributed by atoms with Gasteiger partial charge < -0.3 is 4.98 Å². The van der Waals surface area contributed by atoms with Crippen LogP contribution in [0.4, 0.5) is 0 Å². The van der Waals surface area contributed by atoms with Gasteiger partial charge in [-0.15, -0.1) is 0 Å². The molecule has 20 heavy (non-hydrogen) atoms. The van der Waals surface area contributed by atoms with Gasteiger partial charge in [0, 0.05) is 17.0 Å². The highest BCUT2D eigenvalue weighted by Gasteiger charge is 2.28. The Hall–Kier alpha value is -0.790. The van der Waals surface area contributed by atoms with Crippen molar-refractivity contribution in [1.29, 1.82) is 0 Å². The van der Waals surface area contributed by atoms with Crippen molar-refractivity contribution in [3.63, 3.8) is 0 Å². The second kappa shape index (κ2) is 6.78. The van der Waals surface area contributed by atoms with Crippen LogP contribution < -0.4 is 0 Å². The molecule has 1 rings (SSSR count). The van der Waals surface area contributed by atoms with Crippen LogP contribution in [0.5, 0.6) is 0 Å². The molecule has 0 spiro atoms. The van der Waals surface area contributed by atoms with Crippen molar-refractivity contribution in [2.24, 2.45) is 5.92 Å². The van der Waals surface area contributed by atoms with Gasteiger partial charge in [0.05, 0.1) is 5.69 Å². The molecule has 0 amide bonds. The van der Waals surface area contributed by atoms with Gasteiger partial charge in [-0.1, -0.05) is 61.8 Å². The topological polar surface area (TPSA) is 28.7 Å². The molecule has 0 radical (unpaired) electrons. The fraction of sp³-hybridized carbons (Fsp3) is 0.833. The van der Waals surface area contributed by atoms with E-state index in [4.69, 9.17) is 4.98 Å². The number of nitrogens with one attached hydrogen (secondary N) is 1. The molecule has 2 nitrogen and oxygen atoms in total. The van der Waals surface area contributed by atoms with E-state index in [0.717, 1.165) is 6.42 Å². The zero-order valence-electron chi connectivity index (χ0n) is 14.8. The van der Waals surface area contributed by atoms with E-state index in [1.54, 1.807) is 0 Å². The van der Waals surface area contributed by atoms with Crippen molar-refractivity contribution >= 4 is 0 Å². The molecule has 116 valence electrons. The van der Waals surface area contributed by atoms with Gasteiger partial charge >= 0.3 is 0 Å². The fourth-order valence-corrected chi connectivity index (χ4v) is 2.50. The van der Waals surface area contributed by atoms with Gasteiger partial charge in [-0.2, -0.15) is 0 Å². The molecule has 0 saturated carbocycles. The third-order valence-corrected chi connectivity index (χ3v) is 4.93. The van der Waals surface area contributed by atoms with Crippen molar-refractivity contribution < 1.29 is 0 Å². The lowest BCUT2D eigenvalue weighted by molar-refractivity contribution is 0.471. The summed E-state index contributed by atoms with van der Waals surface area (Å²) in [5.41, 5.74) is 2.82. The summed E-state index contributed by atoms with van der Waals surface area (Å²) < 4.78 is 0. The monoisotopic (exact) mass is 278 g/mol.